The summed E-state index contributed by atoms with van der Waals surface area (Å²) >= 11 is 12.2. The van der Waals surface area contributed by atoms with E-state index in [-0.39, 0.29) is 32.6 Å². The van der Waals surface area contributed by atoms with E-state index in [9.17, 15) is 9.59 Å². The number of rotatable bonds is 3. The summed E-state index contributed by atoms with van der Waals surface area (Å²) in [6.07, 6.45) is 0. The van der Waals surface area contributed by atoms with Crippen molar-refractivity contribution in [2.75, 3.05) is 12.4 Å². The third-order valence-corrected chi connectivity index (χ3v) is 4.77. The Labute approximate surface area is 152 Å². The molecule has 25 heavy (non-hydrogen) atoms. The van der Waals surface area contributed by atoms with Gasteiger partial charge in [0.25, 0.3) is 0 Å². The monoisotopic (exact) mass is 376 g/mol. The number of azide groups is 1. The van der Waals surface area contributed by atoms with Crippen LogP contribution < -0.4 is 10.1 Å². The predicted molar refractivity (Wildman–Crippen MR) is 93.2 cm³/mol. The highest BCUT2D eigenvalue weighted by atomic mass is 35.5. The SMILES string of the molecule is COc1cc2c(c(Cl)c1Cl)NC(=O)C(N=[N+]=[N-])(c1ccccc1)C2=O. The molecular formula is C16H10Cl2N4O3. The molecule has 1 aliphatic rings. The molecule has 0 saturated carbocycles. The number of ketones is 1. The summed E-state index contributed by atoms with van der Waals surface area (Å²) in [6.45, 7) is 0. The van der Waals surface area contributed by atoms with Gasteiger partial charge in [0.2, 0.25) is 11.4 Å². The van der Waals surface area contributed by atoms with Gasteiger partial charge in [0.05, 0.1) is 17.8 Å². The molecule has 1 amide bonds. The van der Waals surface area contributed by atoms with Gasteiger partial charge in [0.1, 0.15) is 10.8 Å². The highest BCUT2D eigenvalue weighted by Gasteiger charge is 2.52. The zero-order chi connectivity index (χ0) is 18.2. The number of benzene rings is 2. The summed E-state index contributed by atoms with van der Waals surface area (Å²) < 4.78 is 5.12. The van der Waals surface area contributed by atoms with Crippen LogP contribution in [0.4, 0.5) is 5.69 Å². The zero-order valence-electron chi connectivity index (χ0n) is 12.8. The van der Waals surface area contributed by atoms with Gasteiger partial charge in [-0.25, -0.2) is 0 Å². The molecule has 1 heterocycles. The number of carbonyl (C=O) groups is 2. The number of anilines is 1. The number of methoxy groups -OCH3 is 1. The van der Waals surface area contributed by atoms with Crippen LogP contribution in [0.3, 0.4) is 0 Å². The molecule has 0 aromatic heterocycles. The number of fused-ring (bicyclic) bond motifs is 1. The normalized spacial score (nSPS) is 18.8. The van der Waals surface area contributed by atoms with Gasteiger partial charge in [-0.2, -0.15) is 0 Å². The van der Waals surface area contributed by atoms with Crippen molar-refractivity contribution in [1.82, 2.24) is 0 Å². The van der Waals surface area contributed by atoms with Crippen molar-refractivity contribution < 1.29 is 14.3 Å². The summed E-state index contributed by atoms with van der Waals surface area (Å²) in [5, 5.41) is 6.12. The summed E-state index contributed by atoms with van der Waals surface area (Å²) in [6, 6.07) is 9.41. The van der Waals surface area contributed by atoms with Gasteiger partial charge in [-0.15, -0.1) is 0 Å². The second kappa shape index (κ2) is 6.29. The second-order valence-electron chi connectivity index (χ2n) is 5.18. The predicted octanol–water partition coefficient (Wildman–Crippen LogP) is 4.34. The van der Waals surface area contributed by atoms with Gasteiger partial charge >= 0.3 is 0 Å². The maximum atomic E-state index is 13.2. The van der Waals surface area contributed by atoms with E-state index < -0.39 is 17.2 Å². The van der Waals surface area contributed by atoms with Crippen molar-refractivity contribution in [2.45, 2.75) is 5.54 Å². The van der Waals surface area contributed by atoms with Gasteiger partial charge in [-0.05, 0) is 17.2 Å². The lowest BCUT2D eigenvalue weighted by molar-refractivity contribution is -0.120. The van der Waals surface area contributed by atoms with E-state index in [1.165, 1.54) is 25.3 Å². The molecular weight excluding hydrogens is 367 g/mol. The Morgan fingerprint density at radius 1 is 1.20 bits per heavy atom. The molecule has 1 aliphatic heterocycles. The van der Waals surface area contributed by atoms with E-state index >= 15 is 0 Å². The molecule has 1 atom stereocenters. The van der Waals surface area contributed by atoms with Crippen LogP contribution in [0.25, 0.3) is 10.4 Å². The van der Waals surface area contributed by atoms with E-state index in [0.717, 1.165) is 0 Å². The van der Waals surface area contributed by atoms with Gasteiger partial charge in [0, 0.05) is 10.5 Å². The molecule has 7 nitrogen and oxygen atoms in total. The molecule has 1 N–H and O–H groups in total. The maximum Gasteiger partial charge on any atom is 0.249 e. The lowest BCUT2D eigenvalue weighted by Crippen LogP contribution is -2.49. The van der Waals surface area contributed by atoms with Crippen LogP contribution in [0.15, 0.2) is 41.5 Å². The lowest BCUT2D eigenvalue weighted by atomic mass is 9.79. The molecule has 0 saturated heterocycles. The first-order valence-electron chi connectivity index (χ1n) is 7.01. The summed E-state index contributed by atoms with van der Waals surface area (Å²) in [7, 11) is 1.37. The number of hydrogen-bond acceptors (Lipinski definition) is 4. The number of nitrogens with zero attached hydrogens (tertiary/aromatic N) is 3. The average molecular weight is 377 g/mol. The first-order valence-corrected chi connectivity index (χ1v) is 7.77. The first-order chi connectivity index (χ1) is 12.0. The summed E-state index contributed by atoms with van der Waals surface area (Å²) in [5.41, 5.74) is 7.25. The van der Waals surface area contributed by atoms with Crippen molar-refractivity contribution in [1.29, 1.82) is 0 Å². The van der Waals surface area contributed by atoms with Crippen LogP contribution in [0.2, 0.25) is 10.0 Å². The van der Waals surface area contributed by atoms with Crippen LogP contribution in [0.5, 0.6) is 5.75 Å². The summed E-state index contributed by atoms with van der Waals surface area (Å²) in [4.78, 5) is 28.7. The quantitative estimate of drug-likeness (QED) is 0.372. The van der Waals surface area contributed by atoms with E-state index in [2.05, 4.69) is 15.3 Å². The Balaban J connectivity index is 2.33. The Bertz CT molecular complexity index is 942. The molecule has 0 aliphatic carbocycles. The van der Waals surface area contributed by atoms with Crippen LogP contribution in [0.1, 0.15) is 15.9 Å². The fourth-order valence-electron chi connectivity index (χ4n) is 2.71. The van der Waals surface area contributed by atoms with Crippen LogP contribution in [-0.4, -0.2) is 18.8 Å². The van der Waals surface area contributed by atoms with Crippen molar-refractivity contribution in [2.24, 2.45) is 5.11 Å². The fraction of sp³-hybridized carbons (Fsp3) is 0.125. The maximum absolute atomic E-state index is 13.2. The molecule has 3 rings (SSSR count). The minimum absolute atomic E-state index is 0.0275. The van der Waals surface area contributed by atoms with Crippen molar-refractivity contribution in [3.05, 3.63) is 68.0 Å². The number of nitrogens with one attached hydrogen (secondary N) is 1. The first kappa shape index (κ1) is 17.1. The number of halogens is 2. The number of carbonyl (C=O) groups excluding carboxylic acids is 2. The van der Waals surface area contributed by atoms with Crippen molar-refractivity contribution >= 4 is 40.6 Å². The highest BCUT2D eigenvalue weighted by molar-refractivity contribution is 6.46. The topological polar surface area (TPSA) is 104 Å². The Morgan fingerprint density at radius 3 is 2.48 bits per heavy atom. The number of Topliss-reactive ketones (excluding diaryl/α,β-unsaturated/α-hetero) is 1. The minimum atomic E-state index is -2.08. The van der Waals surface area contributed by atoms with Crippen LogP contribution in [-0.2, 0) is 10.3 Å². The molecule has 0 radical (unpaired) electrons. The smallest absolute Gasteiger partial charge is 0.249 e. The van der Waals surface area contributed by atoms with Crippen LogP contribution >= 0.6 is 23.2 Å². The number of amides is 1. The van der Waals surface area contributed by atoms with Crippen molar-refractivity contribution in [3.63, 3.8) is 0 Å². The third-order valence-electron chi connectivity index (χ3n) is 3.92. The summed E-state index contributed by atoms with van der Waals surface area (Å²) in [5.74, 6) is -1.36. The van der Waals surface area contributed by atoms with E-state index in [0.29, 0.717) is 0 Å². The fourth-order valence-corrected chi connectivity index (χ4v) is 3.18. The Kier molecular flexibility index (Phi) is 4.30. The largest absolute Gasteiger partial charge is 0.495 e. The van der Waals surface area contributed by atoms with E-state index in [1.54, 1.807) is 18.2 Å². The zero-order valence-corrected chi connectivity index (χ0v) is 14.3. The molecule has 1 unspecified atom stereocenters. The molecule has 2 aromatic carbocycles. The molecule has 9 heteroatoms. The van der Waals surface area contributed by atoms with Gasteiger partial charge in [-0.3, -0.25) is 9.59 Å². The van der Waals surface area contributed by atoms with Crippen molar-refractivity contribution in [3.8, 4) is 5.75 Å². The lowest BCUT2D eigenvalue weighted by Gasteiger charge is -2.32. The third kappa shape index (κ3) is 2.41. The molecule has 0 spiro atoms. The Hall–Kier alpha value is -2.73. The van der Waals surface area contributed by atoms with Gasteiger partial charge in [0.15, 0.2) is 5.78 Å². The number of hydrogen-bond donors (Lipinski definition) is 1. The minimum Gasteiger partial charge on any atom is -0.495 e. The molecule has 0 fully saturated rings. The van der Waals surface area contributed by atoms with Crippen LogP contribution in [0, 0.1) is 0 Å². The molecule has 0 bridgehead atoms. The van der Waals surface area contributed by atoms with E-state index in [1.807, 2.05) is 0 Å². The van der Waals surface area contributed by atoms with Gasteiger partial charge in [-0.1, -0.05) is 58.6 Å². The Morgan fingerprint density at radius 2 is 1.88 bits per heavy atom. The van der Waals surface area contributed by atoms with Gasteiger partial charge < -0.3 is 10.1 Å². The standard InChI is InChI=1S/C16H10Cl2N4O3/c1-25-10-7-9-13(12(18)11(10)17)20-15(24)16(14(9)23,21-22-19)8-5-3-2-4-6-8/h2-7H,1H3,(H,20,24). The average Bonchev–Trinajstić information content (AvgIpc) is 2.63. The molecule has 126 valence electrons. The second-order valence-corrected chi connectivity index (χ2v) is 5.93. The highest BCUT2D eigenvalue weighted by Crippen LogP contribution is 2.46. The van der Waals surface area contributed by atoms with E-state index in [4.69, 9.17) is 33.5 Å². The molecule has 2 aromatic rings. The number of ether oxygens (including phenoxy) is 1.